The van der Waals surface area contributed by atoms with Crippen LogP contribution in [0.25, 0.3) is 0 Å². The number of hydrogen-bond donors (Lipinski definition) is 2. The number of aryl methyl sites for hydroxylation is 1. The second kappa shape index (κ2) is 9.97. The average Bonchev–Trinajstić information content (AvgIpc) is 2.77. The van der Waals surface area contributed by atoms with E-state index in [0.717, 1.165) is 31.2 Å². The van der Waals surface area contributed by atoms with Gasteiger partial charge in [-0.2, -0.15) is 5.10 Å². The number of carbonyl (C=O) groups excluding carboxylic acids is 2. The Balaban J connectivity index is 1.65. The molecule has 1 aliphatic rings. The summed E-state index contributed by atoms with van der Waals surface area (Å²) in [6.07, 6.45) is 5.25. The summed E-state index contributed by atoms with van der Waals surface area (Å²) in [6, 6.07) is 11.5. The maximum atomic E-state index is 12.5. The summed E-state index contributed by atoms with van der Waals surface area (Å²) in [5.41, 5.74) is 5.16. The standard InChI is InChI=1S/C23H26N4O4/c1-15-13-19(11-12-21(15)27(30)31)23(29)26-25-16(2)18-9-6-10-20(14-18)24-22(28)17-7-4-3-5-8-17/h6,9-14,17H,3-5,7-8H2,1-2H3,(H,24,28)(H,26,29)/b25-16-. The van der Waals surface area contributed by atoms with Gasteiger partial charge in [0.15, 0.2) is 0 Å². The minimum Gasteiger partial charge on any atom is -0.326 e. The van der Waals surface area contributed by atoms with Gasteiger partial charge in [-0.15, -0.1) is 0 Å². The summed E-state index contributed by atoms with van der Waals surface area (Å²) in [4.78, 5) is 35.3. The third kappa shape index (κ3) is 5.75. The van der Waals surface area contributed by atoms with E-state index < -0.39 is 10.8 Å². The van der Waals surface area contributed by atoms with Crippen molar-refractivity contribution in [2.24, 2.45) is 11.0 Å². The SMILES string of the molecule is C/C(=N/NC(=O)c1ccc([N+](=O)[O-])c(C)c1)c1cccc(NC(=O)C2CCCCC2)c1. The molecule has 162 valence electrons. The van der Waals surface area contributed by atoms with E-state index in [0.29, 0.717) is 17.0 Å². The number of benzene rings is 2. The normalized spacial score (nSPS) is 14.7. The van der Waals surface area contributed by atoms with E-state index in [1.165, 1.54) is 24.6 Å². The van der Waals surface area contributed by atoms with Crippen LogP contribution < -0.4 is 10.7 Å². The number of anilines is 1. The fourth-order valence-corrected chi connectivity index (χ4v) is 3.70. The van der Waals surface area contributed by atoms with Gasteiger partial charge >= 0.3 is 0 Å². The minimum atomic E-state index is -0.487. The molecular weight excluding hydrogens is 396 g/mol. The van der Waals surface area contributed by atoms with E-state index in [9.17, 15) is 19.7 Å². The van der Waals surface area contributed by atoms with Gasteiger partial charge < -0.3 is 5.32 Å². The van der Waals surface area contributed by atoms with Crippen LogP contribution >= 0.6 is 0 Å². The number of rotatable bonds is 6. The predicted molar refractivity (Wildman–Crippen MR) is 119 cm³/mol. The summed E-state index contributed by atoms with van der Waals surface area (Å²) in [5, 5.41) is 18.0. The summed E-state index contributed by atoms with van der Waals surface area (Å²) in [5.74, 6) is -0.344. The molecular formula is C23H26N4O4. The number of hydrazone groups is 1. The second-order valence-corrected chi connectivity index (χ2v) is 7.80. The molecule has 1 fully saturated rings. The zero-order chi connectivity index (χ0) is 22.4. The predicted octanol–water partition coefficient (Wildman–Crippen LogP) is 4.58. The molecule has 2 aromatic rings. The molecule has 2 amide bonds. The van der Waals surface area contributed by atoms with Gasteiger partial charge in [0, 0.05) is 28.8 Å². The molecule has 0 spiro atoms. The molecule has 8 heteroatoms. The van der Waals surface area contributed by atoms with E-state index in [1.807, 2.05) is 24.3 Å². The van der Waals surface area contributed by atoms with Gasteiger partial charge in [-0.1, -0.05) is 31.4 Å². The number of carbonyl (C=O) groups is 2. The molecule has 2 aromatic carbocycles. The zero-order valence-electron chi connectivity index (χ0n) is 17.7. The summed E-state index contributed by atoms with van der Waals surface area (Å²) >= 11 is 0. The Morgan fingerprint density at radius 2 is 1.81 bits per heavy atom. The maximum Gasteiger partial charge on any atom is 0.272 e. The molecule has 3 rings (SSSR count). The summed E-state index contributed by atoms with van der Waals surface area (Å²) in [6.45, 7) is 3.33. The fourth-order valence-electron chi connectivity index (χ4n) is 3.70. The van der Waals surface area contributed by atoms with E-state index in [-0.39, 0.29) is 23.1 Å². The van der Waals surface area contributed by atoms with Gasteiger partial charge in [-0.3, -0.25) is 19.7 Å². The van der Waals surface area contributed by atoms with Gasteiger partial charge in [0.25, 0.3) is 11.6 Å². The van der Waals surface area contributed by atoms with Crippen LogP contribution in [0.2, 0.25) is 0 Å². The van der Waals surface area contributed by atoms with E-state index in [1.54, 1.807) is 13.8 Å². The van der Waals surface area contributed by atoms with Gasteiger partial charge in [0.05, 0.1) is 10.6 Å². The van der Waals surface area contributed by atoms with Crippen LogP contribution in [0.3, 0.4) is 0 Å². The highest BCUT2D eigenvalue weighted by Crippen LogP contribution is 2.25. The largest absolute Gasteiger partial charge is 0.326 e. The van der Waals surface area contributed by atoms with Gasteiger partial charge in [-0.25, -0.2) is 5.43 Å². The zero-order valence-corrected chi connectivity index (χ0v) is 17.7. The van der Waals surface area contributed by atoms with E-state index >= 15 is 0 Å². The van der Waals surface area contributed by atoms with Gasteiger partial charge in [-0.05, 0) is 56.5 Å². The van der Waals surface area contributed by atoms with Gasteiger partial charge in [0.1, 0.15) is 0 Å². The fraction of sp³-hybridized carbons (Fsp3) is 0.348. The lowest BCUT2D eigenvalue weighted by atomic mass is 9.88. The van der Waals surface area contributed by atoms with Gasteiger partial charge in [0.2, 0.25) is 5.91 Å². The highest BCUT2D eigenvalue weighted by molar-refractivity contribution is 6.02. The first kappa shape index (κ1) is 22.1. The van der Waals surface area contributed by atoms with Crippen molar-refractivity contribution in [3.05, 3.63) is 69.3 Å². The second-order valence-electron chi connectivity index (χ2n) is 7.80. The highest BCUT2D eigenvalue weighted by Gasteiger charge is 2.21. The molecule has 2 N–H and O–H groups in total. The maximum absolute atomic E-state index is 12.5. The van der Waals surface area contributed by atoms with Crippen LogP contribution in [0.15, 0.2) is 47.6 Å². The number of hydrogen-bond acceptors (Lipinski definition) is 5. The first-order chi connectivity index (χ1) is 14.8. The average molecular weight is 422 g/mol. The lowest BCUT2D eigenvalue weighted by Crippen LogP contribution is -2.24. The number of nitrogens with zero attached hydrogens (tertiary/aromatic N) is 2. The van der Waals surface area contributed by atoms with Crippen molar-refractivity contribution < 1.29 is 14.5 Å². The molecule has 0 heterocycles. The Labute approximate surface area is 180 Å². The molecule has 0 aromatic heterocycles. The molecule has 0 saturated heterocycles. The topological polar surface area (TPSA) is 114 Å². The quantitative estimate of drug-likeness (QED) is 0.403. The van der Waals surface area contributed by atoms with Crippen LogP contribution in [0.5, 0.6) is 0 Å². The summed E-state index contributed by atoms with van der Waals surface area (Å²) in [7, 11) is 0. The smallest absolute Gasteiger partial charge is 0.272 e. The van der Waals surface area contributed by atoms with Crippen molar-refractivity contribution in [1.29, 1.82) is 0 Å². The minimum absolute atomic E-state index is 0.0386. The highest BCUT2D eigenvalue weighted by atomic mass is 16.6. The molecule has 0 radical (unpaired) electrons. The Bertz CT molecular complexity index is 1030. The molecule has 0 unspecified atom stereocenters. The number of nitrogens with one attached hydrogen (secondary N) is 2. The molecule has 0 bridgehead atoms. The Morgan fingerprint density at radius 1 is 1.06 bits per heavy atom. The molecule has 0 aliphatic heterocycles. The van der Waals surface area contributed by atoms with Crippen molar-refractivity contribution in [2.45, 2.75) is 46.0 Å². The summed E-state index contributed by atoms with van der Waals surface area (Å²) < 4.78 is 0. The number of nitro benzene ring substituents is 1. The molecule has 1 saturated carbocycles. The lowest BCUT2D eigenvalue weighted by molar-refractivity contribution is -0.385. The van der Waals surface area contributed by atoms with Crippen LogP contribution in [-0.2, 0) is 4.79 Å². The van der Waals surface area contributed by atoms with E-state index in [2.05, 4.69) is 15.8 Å². The van der Waals surface area contributed by atoms with Crippen molar-refractivity contribution in [3.8, 4) is 0 Å². The van der Waals surface area contributed by atoms with Crippen molar-refractivity contribution >= 4 is 28.9 Å². The third-order valence-corrected chi connectivity index (χ3v) is 5.50. The number of nitro groups is 1. The molecule has 8 nitrogen and oxygen atoms in total. The van der Waals surface area contributed by atoms with Crippen molar-refractivity contribution in [1.82, 2.24) is 5.43 Å². The Kier molecular flexibility index (Phi) is 7.12. The molecule has 31 heavy (non-hydrogen) atoms. The Morgan fingerprint density at radius 3 is 2.48 bits per heavy atom. The number of amides is 2. The first-order valence-corrected chi connectivity index (χ1v) is 10.4. The third-order valence-electron chi connectivity index (χ3n) is 5.50. The lowest BCUT2D eigenvalue weighted by Gasteiger charge is -2.20. The van der Waals surface area contributed by atoms with Crippen LogP contribution in [-0.4, -0.2) is 22.4 Å². The van der Waals surface area contributed by atoms with Crippen LogP contribution in [0.4, 0.5) is 11.4 Å². The van der Waals surface area contributed by atoms with Crippen molar-refractivity contribution in [2.75, 3.05) is 5.32 Å². The molecule has 0 atom stereocenters. The van der Waals surface area contributed by atoms with Crippen molar-refractivity contribution in [3.63, 3.8) is 0 Å². The van der Waals surface area contributed by atoms with Crippen LogP contribution in [0.1, 0.15) is 60.5 Å². The Hall–Kier alpha value is -3.55. The van der Waals surface area contributed by atoms with Crippen LogP contribution in [0, 0.1) is 23.0 Å². The van der Waals surface area contributed by atoms with E-state index in [4.69, 9.17) is 0 Å². The molecule has 1 aliphatic carbocycles. The monoisotopic (exact) mass is 422 g/mol. The first-order valence-electron chi connectivity index (χ1n) is 10.4.